The van der Waals surface area contributed by atoms with Gasteiger partial charge in [-0.1, -0.05) is 19.0 Å². The first-order valence-corrected chi connectivity index (χ1v) is 9.13. The van der Waals surface area contributed by atoms with E-state index in [1.54, 1.807) is 11.3 Å². The third kappa shape index (κ3) is 4.83. The molecular weight excluding hydrogens is 310 g/mol. The van der Waals surface area contributed by atoms with E-state index >= 15 is 0 Å². The minimum atomic E-state index is 0.554. The molecule has 3 rings (SSSR count). The lowest BCUT2D eigenvalue weighted by Crippen LogP contribution is -2.45. The van der Waals surface area contributed by atoms with Crippen molar-refractivity contribution in [1.29, 1.82) is 0 Å². The smallest absolute Gasteiger partial charge is 0.240 e. The molecule has 7 heteroatoms. The maximum atomic E-state index is 5.37. The highest BCUT2D eigenvalue weighted by atomic mass is 32.1. The molecule has 1 saturated heterocycles. The van der Waals surface area contributed by atoms with E-state index in [-0.39, 0.29) is 0 Å². The summed E-state index contributed by atoms with van der Waals surface area (Å²) >= 11 is 1.73. The molecule has 0 saturated carbocycles. The molecule has 0 N–H and O–H groups in total. The minimum absolute atomic E-state index is 0.554. The lowest BCUT2D eigenvalue weighted by Gasteiger charge is -2.33. The predicted octanol–water partition coefficient (Wildman–Crippen LogP) is 2.35. The molecule has 23 heavy (non-hydrogen) atoms. The number of thiazole rings is 1. The Hall–Kier alpha value is -1.31. The van der Waals surface area contributed by atoms with Gasteiger partial charge in [0, 0.05) is 44.5 Å². The molecule has 6 nitrogen and oxygen atoms in total. The van der Waals surface area contributed by atoms with E-state index < -0.39 is 0 Å². The van der Waals surface area contributed by atoms with Gasteiger partial charge in [0.25, 0.3) is 0 Å². The molecule has 0 radical (unpaired) electrons. The zero-order valence-electron chi connectivity index (χ0n) is 14.2. The van der Waals surface area contributed by atoms with Crippen molar-refractivity contribution in [1.82, 2.24) is 24.9 Å². The maximum absolute atomic E-state index is 5.37. The monoisotopic (exact) mass is 335 g/mol. The maximum Gasteiger partial charge on any atom is 0.240 e. The average molecular weight is 335 g/mol. The van der Waals surface area contributed by atoms with Gasteiger partial charge < -0.3 is 4.52 Å². The van der Waals surface area contributed by atoms with Gasteiger partial charge in [-0.3, -0.25) is 9.80 Å². The third-order valence-electron chi connectivity index (χ3n) is 3.98. The predicted molar refractivity (Wildman–Crippen MR) is 90.2 cm³/mol. The van der Waals surface area contributed by atoms with Crippen LogP contribution >= 0.6 is 11.3 Å². The molecule has 0 bridgehead atoms. The third-order valence-corrected chi connectivity index (χ3v) is 4.80. The molecule has 0 atom stereocenters. The Balaban J connectivity index is 1.44. The minimum Gasteiger partial charge on any atom is -0.338 e. The molecule has 0 aliphatic carbocycles. The number of piperazine rings is 1. The fraction of sp³-hybridized carbons (Fsp3) is 0.688. The Morgan fingerprint density at radius 3 is 2.43 bits per heavy atom. The highest BCUT2D eigenvalue weighted by Crippen LogP contribution is 2.13. The summed E-state index contributed by atoms with van der Waals surface area (Å²) in [4.78, 5) is 13.9. The summed E-state index contributed by atoms with van der Waals surface area (Å²) in [5.41, 5.74) is 1.19. The average Bonchev–Trinajstić information content (AvgIpc) is 3.10. The first-order valence-electron chi connectivity index (χ1n) is 8.25. The number of hydrogen-bond donors (Lipinski definition) is 0. The molecule has 0 spiro atoms. The molecule has 126 valence electrons. The summed E-state index contributed by atoms with van der Waals surface area (Å²) < 4.78 is 5.37. The van der Waals surface area contributed by atoms with Crippen molar-refractivity contribution in [3.63, 3.8) is 0 Å². The van der Waals surface area contributed by atoms with Crippen molar-refractivity contribution in [3.8, 4) is 0 Å². The number of nitrogens with zero attached hydrogens (tertiary/aromatic N) is 5. The first-order chi connectivity index (χ1) is 11.1. The van der Waals surface area contributed by atoms with Gasteiger partial charge >= 0.3 is 0 Å². The molecule has 1 fully saturated rings. The molecular formula is C16H25N5OS. The molecule has 3 heterocycles. The number of hydrogen-bond acceptors (Lipinski definition) is 7. The first kappa shape index (κ1) is 16.5. The standard InChI is InChI=1S/C16H25N5OS/c1-12(2)8-15-18-16(22-19-15)10-21-6-4-20(5-7-21)9-14-11-23-13(3)17-14/h11-12H,4-10H2,1-3H3. The number of aromatic nitrogens is 3. The van der Waals surface area contributed by atoms with Crippen LogP contribution in [0.25, 0.3) is 0 Å². The largest absolute Gasteiger partial charge is 0.338 e. The molecule has 0 aromatic carbocycles. The zero-order valence-corrected chi connectivity index (χ0v) is 15.0. The van der Waals surface area contributed by atoms with Gasteiger partial charge in [-0.25, -0.2) is 4.98 Å². The van der Waals surface area contributed by atoms with Crippen LogP contribution in [0.3, 0.4) is 0 Å². The molecule has 2 aromatic rings. The Kier molecular flexibility index (Phi) is 5.40. The zero-order chi connectivity index (χ0) is 16.2. The highest BCUT2D eigenvalue weighted by Gasteiger charge is 2.20. The van der Waals surface area contributed by atoms with Gasteiger partial charge in [-0.2, -0.15) is 4.98 Å². The van der Waals surface area contributed by atoms with Crippen LogP contribution < -0.4 is 0 Å². The van der Waals surface area contributed by atoms with Crippen LogP contribution in [0, 0.1) is 12.8 Å². The van der Waals surface area contributed by atoms with E-state index in [0.29, 0.717) is 5.92 Å². The topological polar surface area (TPSA) is 58.3 Å². The SMILES string of the molecule is Cc1nc(CN2CCN(Cc3nc(CC(C)C)no3)CC2)cs1. The lowest BCUT2D eigenvalue weighted by atomic mass is 10.1. The van der Waals surface area contributed by atoms with Crippen LogP contribution in [0.4, 0.5) is 0 Å². The molecule has 1 aliphatic heterocycles. The van der Waals surface area contributed by atoms with Gasteiger partial charge in [0.1, 0.15) is 0 Å². The fourth-order valence-electron chi connectivity index (χ4n) is 2.81. The van der Waals surface area contributed by atoms with Crippen molar-refractivity contribution < 1.29 is 4.52 Å². The number of rotatable bonds is 6. The van der Waals surface area contributed by atoms with Crippen molar-refractivity contribution in [2.75, 3.05) is 26.2 Å². The van der Waals surface area contributed by atoms with Crippen molar-refractivity contribution in [3.05, 3.63) is 27.8 Å². The van der Waals surface area contributed by atoms with Crippen LogP contribution in [-0.2, 0) is 19.5 Å². The Bertz CT molecular complexity index is 616. The van der Waals surface area contributed by atoms with E-state index in [4.69, 9.17) is 4.52 Å². The Morgan fingerprint density at radius 1 is 1.13 bits per heavy atom. The van der Waals surface area contributed by atoms with E-state index in [9.17, 15) is 0 Å². The molecule has 1 aliphatic rings. The highest BCUT2D eigenvalue weighted by molar-refractivity contribution is 7.09. The Morgan fingerprint density at radius 2 is 1.83 bits per heavy atom. The van der Waals surface area contributed by atoms with E-state index in [0.717, 1.165) is 62.4 Å². The van der Waals surface area contributed by atoms with Crippen LogP contribution in [0.1, 0.15) is 36.3 Å². The Labute approximate surface area is 141 Å². The normalized spacial score (nSPS) is 17.2. The van der Waals surface area contributed by atoms with Crippen molar-refractivity contribution in [2.45, 2.75) is 40.3 Å². The second kappa shape index (κ2) is 7.51. The fourth-order valence-corrected chi connectivity index (χ4v) is 3.41. The van der Waals surface area contributed by atoms with Crippen LogP contribution in [0.15, 0.2) is 9.90 Å². The van der Waals surface area contributed by atoms with E-state index in [1.807, 2.05) is 0 Å². The van der Waals surface area contributed by atoms with Crippen molar-refractivity contribution in [2.24, 2.45) is 5.92 Å². The van der Waals surface area contributed by atoms with Crippen LogP contribution in [0.2, 0.25) is 0 Å². The second-order valence-electron chi connectivity index (χ2n) is 6.61. The van der Waals surface area contributed by atoms with Gasteiger partial charge in [0.15, 0.2) is 5.82 Å². The molecule has 0 amide bonds. The van der Waals surface area contributed by atoms with Gasteiger partial charge in [0.2, 0.25) is 5.89 Å². The van der Waals surface area contributed by atoms with Gasteiger partial charge in [0.05, 0.1) is 17.2 Å². The van der Waals surface area contributed by atoms with Crippen molar-refractivity contribution >= 4 is 11.3 Å². The van der Waals surface area contributed by atoms with Crippen LogP contribution in [-0.4, -0.2) is 51.1 Å². The quantitative estimate of drug-likeness (QED) is 0.808. The summed E-state index contributed by atoms with van der Waals surface area (Å²) in [6, 6.07) is 0. The summed E-state index contributed by atoms with van der Waals surface area (Å²) in [6.07, 6.45) is 0.879. The summed E-state index contributed by atoms with van der Waals surface area (Å²) in [6.45, 7) is 12.3. The van der Waals surface area contributed by atoms with E-state index in [1.165, 1.54) is 5.69 Å². The summed E-state index contributed by atoms with van der Waals surface area (Å²) in [5.74, 6) is 2.12. The van der Waals surface area contributed by atoms with Crippen LogP contribution in [0.5, 0.6) is 0 Å². The second-order valence-corrected chi connectivity index (χ2v) is 7.67. The lowest BCUT2D eigenvalue weighted by molar-refractivity contribution is 0.111. The van der Waals surface area contributed by atoms with Gasteiger partial charge in [-0.15, -0.1) is 11.3 Å². The summed E-state index contributed by atoms with van der Waals surface area (Å²) in [5, 5.41) is 7.37. The van der Waals surface area contributed by atoms with E-state index in [2.05, 4.69) is 51.1 Å². The van der Waals surface area contributed by atoms with Gasteiger partial charge in [-0.05, 0) is 12.8 Å². The molecule has 0 unspecified atom stereocenters. The molecule has 2 aromatic heterocycles. The number of aryl methyl sites for hydroxylation is 1. The summed E-state index contributed by atoms with van der Waals surface area (Å²) in [7, 11) is 0.